The van der Waals surface area contributed by atoms with E-state index in [-0.39, 0.29) is 12.0 Å². The van der Waals surface area contributed by atoms with Gasteiger partial charge in [-0.1, -0.05) is 71.6 Å². The minimum absolute atomic E-state index is 0.00786. The Morgan fingerprint density at radius 3 is 2.15 bits per heavy atom. The number of aliphatic hydroxyl groups is 2. The SMILES string of the molecule is CC1CCCCCCCC(C)C(OC2OC(C)C(O)C(N)C2O)CCCCCCCC(=O)NC1. The topological polar surface area (TPSA) is 114 Å². The van der Waals surface area contributed by atoms with Gasteiger partial charge in [-0.25, -0.2) is 0 Å². The van der Waals surface area contributed by atoms with E-state index in [1.807, 2.05) is 0 Å². The lowest BCUT2D eigenvalue weighted by molar-refractivity contribution is -0.285. The molecule has 0 radical (unpaired) electrons. The molecule has 0 aliphatic carbocycles. The first-order valence-electron chi connectivity index (χ1n) is 14.0. The van der Waals surface area contributed by atoms with Gasteiger partial charge in [0.1, 0.15) is 6.10 Å². The second-order valence-corrected chi connectivity index (χ2v) is 11.0. The van der Waals surface area contributed by atoms with Gasteiger partial charge in [0.05, 0.1) is 24.4 Å². The Morgan fingerprint density at radius 2 is 1.44 bits per heavy atom. The molecule has 2 saturated heterocycles. The van der Waals surface area contributed by atoms with E-state index in [1.165, 1.54) is 38.5 Å². The average molecular weight is 485 g/mol. The molecule has 1 amide bonds. The number of amides is 1. The lowest BCUT2D eigenvalue weighted by Gasteiger charge is -2.41. The number of rotatable bonds is 2. The number of ether oxygens (including phenoxy) is 2. The Balaban J connectivity index is 1.90. The summed E-state index contributed by atoms with van der Waals surface area (Å²) in [4.78, 5) is 12.1. The molecule has 2 aliphatic rings. The van der Waals surface area contributed by atoms with Gasteiger partial charge < -0.3 is 30.7 Å². The fourth-order valence-corrected chi connectivity index (χ4v) is 5.16. The van der Waals surface area contributed by atoms with Gasteiger partial charge in [0, 0.05) is 13.0 Å². The van der Waals surface area contributed by atoms with E-state index in [2.05, 4.69) is 19.2 Å². The van der Waals surface area contributed by atoms with Crippen LogP contribution in [0.3, 0.4) is 0 Å². The molecule has 0 saturated carbocycles. The van der Waals surface area contributed by atoms with Crippen LogP contribution in [0.15, 0.2) is 0 Å². The highest BCUT2D eigenvalue weighted by Crippen LogP contribution is 2.28. The molecule has 8 atom stereocenters. The van der Waals surface area contributed by atoms with Crippen LogP contribution in [0.4, 0.5) is 0 Å². The number of nitrogens with one attached hydrogen (secondary N) is 1. The van der Waals surface area contributed by atoms with Crippen molar-refractivity contribution in [2.45, 2.75) is 147 Å². The molecule has 0 spiro atoms. The van der Waals surface area contributed by atoms with Crippen molar-refractivity contribution in [2.24, 2.45) is 17.6 Å². The maximum absolute atomic E-state index is 12.1. The van der Waals surface area contributed by atoms with Gasteiger partial charge in [0.15, 0.2) is 6.29 Å². The minimum Gasteiger partial charge on any atom is -0.389 e. The average Bonchev–Trinajstić information content (AvgIpc) is 2.81. The first kappa shape index (κ1) is 29.5. The number of nitrogens with two attached hydrogens (primary N) is 1. The number of aliphatic hydroxyl groups excluding tert-OH is 2. The monoisotopic (exact) mass is 484 g/mol. The second kappa shape index (κ2) is 16.1. The summed E-state index contributed by atoms with van der Waals surface area (Å²) >= 11 is 0. The van der Waals surface area contributed by atoms with Crippen molar-refractivity contribution in [1.29, 1.82) is 0 Å². The summed E-state index contributed by atoms with van der Waals surface area (Å²) in [5, 5.41) is 23.8. The normalized spacial score (nSPS) is 39.2. The van der Waals surface area contributed by atoms with E-state index in [1.54, 1.807) is 6.92 Å². The highest BCUT2D eigenvalue weighted by molar-refractivity contribution is 5.75. The standard InChI is InChI=1S/C27H52N2O5/c1-19-14-10-6-4-7-11-15-20(2)22(16-12-8-5-9-13-17-23(30)29-18-19)34-27-26(32)24(28)25(31)21(3)33-27/h19-22,24-27,31-32H,4-18,28H2,1-3H3,(H,29,30). The van der Waals surface area contributed by atoms with Crippen LogP contribution in [-0.2, 0) is 14.3 Å². The quantitative estimate of drug-likeness (QED) is 0.471. The van der Waals surface area contributed by atoms with E-state index in [0.29, 0.717) is 18.3 Å². The summed E-state index contributed by atoms with van der Waals surface area (Å²) in [5.41, 5.74) is 6.02. The molecule has 5 N–H and O–H groups in total. The van der Waals surface area contributed by atoms with Crippen LogP contribution in [0, 0.1) is 11.8 Å². The predicted molar refractivity (Wildman–Crippen MR) is 135 cm³/mol. The van der Waals surface area contributed by atoms with E-state index in [4.69, 9.17) is 15.2 Å². The maximum Gasteiger partial charge on any atom is 0.220 e. The Bertz CT molecular complexity index is 563. The molecule has 34 heavy (non-hydrogen) atoms. The van der Waals surface area contributed by atoms with Crippen LogP contribution in [0.2, 0.25) is 0 Å². The molecular weight excluding hydrogens is 432 g/mol. The number of hydrogen-bond acceptors (Lipinski definition) is 6. The Labute approximate surface area is 207 Å². The van der Waals surface area contributed by atoms with E-state index in [0.717, 1.165) is 51.5 Å². The highest BCUT2D eigenvalue weighted by Gasteiger charge is 2.42. The molecule has 2 heterocycles. The molecule has 2 rings (SSSR count). The summed E-state index contributed by atoms with van der Waals surface area (Å²) < 4.78 is 12.1. The lowest BCUT2D eigenvalue weighted by atomic mass is 9.92. The molecule has 2 fully saturated rings. The number of carbonyl (C=O) groups excluding carboxylic acids is 1. The molecule has 200 valence electrons. The van der Waals surface area contributed by atoms with Crippen LogP contribution in [0.5, 0.6) is 0 Å². The van der Waals surface area contributed by atoms with Crippen LogP contribution in [0.1, 0.15) is 111 Å². The van der Waals surface area contributed by atoms with Gasteiger partial charge in [-0.15, -0.1) is 0 Å². The maximum atomic E-state index is 12.1. The largest absolute Gasteiger partial charge is 0.389 e. The van der Waals surface area contributed by atoms with Gasteiger partial charge in [-0.2, -0.15) is 0 Å². The molecule has 2 aliphatic heterocycles. The number of hydrogen-bond donors (Lipinski definition) is 4. The fourth-order valence-electron chi connectivity index (χ4n) is 5.16. The Hall–Kier alpha value is -0.730. The third kappa shape index (κ3) is 10.5. The van der Waals surface area contributed by atoms with Crippen LogP contribution in [0.25, 0.3) is 0 Å². The van der Waals surface area contributed by atoms with E-state index >= 15 is 0 Å². The smallest absolute Gasteiger partial charge is 0.220 e. The summed E-state index contributed by atoms with van der Waals surface area (Å²) in [6.45, 7) is 7.05. The molecule has 7 nitrogen and oxygen atoms in total. The Morgan fingerprint density at radius 1 is 0.853 bits per heavy atom. The van der Waals surface area contributed by atoms with E-state index < -0.39 is 30.6 Å². The number of carbonyl (C=O) groups is 1. The highest BCUT2D eigenvalue weighted by atomic mass is 16.7. The second-order valence-electron chi connectivity index (χ2n) is 11.0. The first-order chi connectivity index (χ1) is 16.3. The molecular formula is C27H52N2O5. The van der Waals surface area contributed by atoms with Gasteiger partial charge in [0.25, 0.3) is 0 Å². The molecule has 7 heteroatoms. The fraction of sp³-hybridized carbons (Fsp3) is 0.963. The Kier molecular flexibility index (Phi) is 14.0. The minimum atomic E-state index is -1.03. The lowest BCUT2D eigenvalue weighted by Crippen LogP contribution is -2.61. The van der Waals surface area contributed by atoms with Crippen molar-refractivity contribution in [3.8, 4) is 0 Å². The van der Waals surface area contributed by atoms with Crippen LogP contribution < -0.4 is 11.1 Å². The molecule has 0 aromatic rings. The molecule has 8 unspecified atom stereocenters. The van der Waals surface area contributed by atoms with Crippen molar-refractivity contribution in [3.63, 3.8) is 0 Å². The summed E-state index contributed by atoms with van der Waals surface area (Å²) in [6, 6.07) is -0.767. The zero-order chi connectivity index (χ0) is 24.9. The predicted octanol–water partition coefficient (Wildman–Crippen LogP) is 4.03. The third-order valence-corrected chi connectivity index (χ3v) is 7.74. The van der Waals surface area contributed by atoms with Crippen molar-refractivity contribution < 1.29 is 24.5 Å². The van der Waals surface area contributed by atoms with Crippen molar-refractivity contribution >= 4 is 5.91 Å². The van der Waals surface area contributed by atoms with E-state index in [9.17, 15) is 15.0 Å². The van der Waals surface area contributed by atoms with Crippen LogP contribution in [-0.4, -0.2) is 59.4 Å². The summed E-state index contributed by atoms with van der Waals surface area (Å²) in [5.74, 6) is 1.09. The molecule has 0 bridgehead atoms. The van der Waals surface area contributed by atoms with Crippen LogP contribution >= 0.6 is 0 Å². The zero-order valence-electron chi connectivity index (χ0n) is 21.9. The zero-order valence-corrected chi connectivity index (χ0v) is 21.9. The summed E-state index contributed by atoms with van der Waals surface area (Å²) in [7, 11) is 0. The molecule has 0 aromatic heterocycles. The van der Waals surface area contributed by atoms with Crippen molar-refractivity contribution in [3.05, 3.63) is 0 Å². The van der Waals surface area contributed by atoms with Crippen molar-refractivity contribution in [1.82, 2.24) is 5.32 Å². The molecule has 0 aromatic carbocycles. The van der Waals surface area contributed by atoms with Gasteiger partial charge in [-0.3, -0.25) is 4.79 Å². The first-order valence-corrected chi connectivity index (χ1v) is 14.0. The van der Waals surface area contributed by atoms with Gasteiger partial charge in [0.2, 0.25) is 5.91 Å². The summed E-state index contributed by atoms with van der Waals surface area (Å²) in [6.07, 6.45) is 12.0. The van der Waals surface area contributed by atoms with Crippen molar-refractivity contribution in [2.75, 3.05) is 6.54 Å². The van der Waals surface area contributed by atoms with Gasteiger partial charge >= 0.3 is 0 Å². The third-order valence-electron chi connectivity index (χ3n) is 7.74. The van der Waals surface area contributed by atoms with Gasteiger partial charge in [-0.05, 0) is 44.4 Å².